The molecule has 1 heterocycles. The molecule has 0 bridgehead atoms. The van der Waals surface area contributed by atoms with Crippen LogP contribution in [0.4, 0.5) is 4.79 Å². The molecular weight excluding hydrogens is 1690 g/mol. The van der Waals surface area contributed by atoms with Gasteiger partial charge in [-0.25, -0.2) is 0 Å². The Morgan fingerprint density at radius 1 is 0.425 bits per heavy atom. The van der Waals surface area contributed by atoms with E-state index in [1.54, 1.807) is 59.7 Å². The molecule has 1 saturated heterocycles. The van der Waals surface area contributed by atoms with E-state index >= 15 is 0 Å². The molecule has 16 atom stereocenters. The van der Waals surface area contributed by atoms with Crippen molar-refractivity contribution < 1.29 is 137 Å². The number of nitrogens with two attached hydrogens (primary N) is 1. The lowest BCUT2D eigenvalue weighted by molar-refractivity contribution is -0.142. The van der Waals surface area contributed by atoms with Crippen LogP contribution in [0.5, 0.6) is 5.75 Å². The van der Waals surface area contributed by atoms with E-state index in [2.05, 4.69) is 79.8 Å². The molecule has 127 heavy (non-hydrogen) atoms. The Hall–Kier alpha value is -12.0. The molecule has 2 aromatic rings. The zero-order valence-electron chi connectivity index (χ0n) is 72.3. The number of nitrogens with zero attached hydrogens (tertiary/aromatic N) is 1. The number of nitrogens with one attached hydrogen (secondary N) is 15. The van der Waals surface area contributed by atoms with Crippen molar-refractivity contribution in [3.8, 4) is 5.75 Å². The first kappa shape index (κ1) is 109. The quantitative estimate of drug-likeness (QED) is 0.0275. The third-order valence-electron chi connectivity index (χ3n) is 19.7. The van der Waals surface area contributed by atoms with Crippen LogP contribution >= 0.6 is 11.8 Å². The number of amides is 17. The molecule has 45 nitrogen and oxygen atoms in total. The highest BCUT2D eigenvalue weighted by Crippen LogP contribution is 2.21. The van der Waals surface area contributed by atoms with E-state index in [9.17, 15) is 137 Å². The zero-order valence-corrected chi connectivity index (χ0v) is 73.1. The third kappa shape index (κ3) is 40.5. The van der Waals surface area contributed by atoms with Gasteiger partial charge in [0, 0.05) is 51.2 Å². The van der Waals surface area contributed by atoms with Gasteiger partial charge in [0.15, 0.2) is 0 Å². The number of imide groups is 1. The fourth-order valence-corrected chi connectivity index (χ4v) is 13.3. The number of aromatic hydroxyl groups is 1. The summed E-state index contributed by atoms with van der Waals surface area (Å²) in [7, 11) is 0. The van der Waals surface area contributed by atoms with Crippen molar-refractivity contribution in [1.82, 2.24) is 84.7 Å². The predicted octanol–water partition coefficient (Wildman–Crippen LogP) is -5.57. The van der Waals surface area contributed by atoms with Crippen LogP contribution in [-0.2, 0) is 104 Å². The maximum absolute atomic E-state index is 14.6. The number of aliphatic hydroxyl groups is 4. The number of phenolic OH excluding ortho intramolecular Hbond substituents is 1. The molecule has 1 aliphatic rings. The number of hydrogen-bond acceptors (Lipinski definition) is 27. The minimum atomic E-state index is -2.15. The second kappa shape index (κ2) is 56.1. The molecule has 0 radical (unpaired) electrons. The number of carboxylic acid groups (broad SMARTS) is 3. The number of benzene rings is 2. The molecule has 0 aromatic heterocycles. The number of carboxylic acids is 3. The van der Waals surface area contributed by atoms with Gasteiger partial charge in [-0.05, 0) is 107 Å². The van der Waals surface area contributed by atoms with Crippen molar-refractivity contribution in [3.63, 3.8) is 0 Å². The van der Waals surface area contributed by atoms with Crippen molar-refractivity contribution in [1.29, 1.82) is 0 Å². The summed E-state index contributed by atoms with van der Waals surface area (Å²) in [5, 5.41) is 117. The van der Waals surface area contributed by atoms with Gasteiger partial charge in [-0.3, -0.25) is 101 Å². The molecule has 25 N–H and O–H groups in total. The molecule has 706 valence electrons. The fourth-order valence-electron chi connectivity index (χ4n) is 12.6. The molecule has 46 heteroatoms. The number of carbonyl (C=O) groups excluding carboxylic acids is 17. The largest absolute Gasteiger partial charge is 0.508 e. The molecule has 0 unspecified atom stereocenters. The Labute approximate surface area is 737 Å². The van der Waals surface area contributed by atoms with Crippen LogP contribution in [-0.4, -0.2) is 299 Å². The summed E-state index contributed by atoms with van der Waals surface area (Å²) >= 11 is 0.832. The molecule has 3 rings (SSSR count). The summed E-state index contributed by atoms with van der Waals surface area (Å²) < 4.78 is 0. The van der Waals surface area contributed by atoms with Gasteiger partial charge >= 0.3 is 17.9 Å². The highest BCUT2D eigenvalue weighted by Gasteiger charge is 2.41. The first-order valence-electron chi connectivity index (χ1n) is 41.5. The van der Waals surface area contributed by atoms with E-state index in [1.165, 1.54) is 43.3 Å². The number of unbranched alkanes of at least 4 members (excludes halogenated alkanes) is 1. The highest BCUT2D eigenvalue weighted by molar-refractivity contribution is 8.14. The first-order valence-corrected chi connectivity index (χ1v) is 42.5. The first-order chi connectivity index (χ1) is 59.8. The van der Waals surface area contributed by atoms with Crippen LogP contribution in [0.15, 0.2) is 54.6 Å². The fraction of sp³-hybridized carbons (Fsp3) is 0.605. The van der Waals surface area contributed by atoms with Crippen LogP contribution in [0, 0.1) is 17.8 Å². The Morgan fingerprint density at radius 2 is 0.858 bits per heavy atom. The highest BCUT2D eigenvalue weighted by atomic mass is 32.2. The summed E-state index contributed by atoms with van der Waals surface area (Å²) in [4.78, 5) is 268. The number of aliphatic carboxylic acids is 3. The Morgan fingerprint density at radius 3 is 1.33 bits per heavy atom. The van der Waals surface area contributed by atoms with E-state index in [4.69, 9.17) is 5.73 Å². The topological polar surface area (TPSA) is 713 Å². The molecule has 1 aliphatic heterocycles. The van der Waals surface area contributed by atoms with Crippen molar-refractivity contribution >= 4 is 129 Å². The predicted molar refractivity (Wildman–Crippen MR) is 452 cm³/mol. The van der Waals surface area contributed by atoms with E-state index in [0.717, 1.165) is 30.5 Å². The van der Waals surface area contributed by atoms with Crippen molar-refractivity contribution in [2.75, 3.05) is 45.1 Å². The van der Waals surface area contributed by atoms with Crippen LogP contribution in [0.3, 0.4) is 0 Å². The van der Waals surface area contributed by atoms with Gasteiger partial charge in [0.1, 0.15) is 78.3 Å². The van der Waals surface area contributed by atoms with Gasteiger partial charge in [0.05, 0.1) is 50.6 Å². The monoisotopic (exact) mass is 1810 g/mol. The lowest BCUT2D eigenvalue weighted by atomic mass is 9.96. The Balaban J connectivity index is 1.81. The average molecular weight is 1820 g/mol. The number of rotatable bonds is 59. The second-order valence-corrected chi connectivity index (χ2v) is 32.4. The molecular formula is C81H123N17O28S. The van der Waals surface area contributed by atoms with Gasteiger partial charge in [0.25, 0.3) is 5.24 Å². The van der Waals surface area contributed by atoms with Crippen LogP contribution in [0.25, 0.3) is 0 Å². The molecule has 1 fully saturated rings. The summed E-state index contributed by atoms with van der Waals surface area (Å²) in [5.74, 6) is -23.1. The molecule has 0 saturated carbocycles. The molecule has 0 aliphatic carbocycles. The maximum atomic E-state index is 14.6. The molecule has 0 spiro atoms. The number of thioether (sulfide) groups is 1. The van der Waals surface area contributed by atoms with E-state index in [0.29, 0.717) is 36.9 Å². The number of hydrogen-bond donors (Lipinski definition) is 24. The summed E-state index contributed by atoms with van der Waals surface area (Å²) in [6.07, 6.45) is -6.32. The smallest absolute Gasteiger partial charge is 0.305 e. The summed E-state index contributed by atoms with van der Waals surface area (Å²) in [6.45, 7) is 10.3. The zero-order chi connectivity index (χ0) is 95.5. The second-order valence-electron chi connectivity index (χ2n) is 31.5. The standard InChI is InChI=1S/C81H123N17O28S/c1-10-43(6)66(78(123)91-53(34-48-21-23-49(103)24-22-48)73(118)87-51(31-41(2)3)71(116)89-55(35-64(110)111)70(115)85-44(7)17-14-15-28-82)96-77(122)58(39-100)93-72(117)52(32-42(4)5)88-74(119)56(36-65(112)113)90-76(121)57(38-99)94-80(125)68(46(9)102)97-75(120)54(33-47-18-12-11-13-19-47)92-79(124)67(45(8)101)95-61(106)37-84-69(114)50(25-26-63(108)109)86-60(105)27-29-83-59(104)20-16-30-98-62(107)40-127-81(98)126/h11-13,18-19,21-24,41-46,50-58,66-68,99-103H,10,14-17,20,25-40,82H2,1-9H3,(H,83,104)(H,84,114)(H,85,115)(H,86,105)(H,87,118)(H,88,119)(H,89,116)(H,90,121)(H,91,123)(H,92,124)(H,93,117)(H,94,125)(H,95,106)(H,96,122)(H,97,120)(H,108,109)(H,110,111)(H,112,113)/t43-,44+,45+,46+,50-,51-,52-,53-,54-,55-,56-,57-,58-,66-,67-,68-/m0/s1. The van der Waals surface area contributed by atoms with Crippen LogP contribution < -0.4 is 85.5 Å². The van der Waals surface area contributed by atoms with Gasteiger partial charge < -0.3 is 126 Å². The van der Waals surface area contributed by atoms with Crippen molar-refractivity contribution in [2.45, 2.75) is 249 Å². The van der Waals surface area contributed by atoms with Gasteiger partial charge in [-0.1, -0.05) is 109 Å². The SMILES string of the molecule is CC[C@H](C)[C@H](NC(=O)[C@H](CO)NC(=O)[C@H](CC(C)C)NC(=O)[C@H](CC(=O)O)NC(=O)[C@H](CO)NC(=O)[C@@H](NC(=O)[C@H](Cc1ccccc1)NC(=O)[C@@H](NC(=O)CNC(=O)[C@H](CCC(=O)O)NC(=O)CCNC(=O)CCCN1C(=O)CSC1=O)[C@@H](C)O)[C@@H](C)O)C(=O)N[C@@H](Cc1ccc(O)cc1)C(=O)N[C@@H](CC(C)C)C(=O)N[C@@H](CC(=O)O)C(=O)N[C@H](C)CCCCN. The van der Waals surface area contributed by atoms with Gasteiger partial charge in [-0.15, -0.1) is 0 Å². The maximum Gasteiger partial charge on any atom is 0.305 e. The van der Waals surface area contributed by atoms with Crippen LogP contribution in [0.2, 0.25) is 0 Å². The molecule has 17 amide bonds. The molecule has 2 aromatic carbocycles. The normalized spacial score (nSPS) is 15.6. The lowest BCUT2D eigenvalue weighted by Gasteiger charge is -2.30. The third-order valence-corrected chi connectivity index (χ3v) is 20.6. The van der Waals surface area contributed by atoms with Crippen molar-refractivity contribution in [3.05, 3.63) is 65.7 Å². The van der Waals surface area contributed by atoms with E-state index in [-0.39, 0.29) is 69.0 Å². The lowest BCUT2D eigenvalue weighted by Crippen LogP contribution is -2.63. The van der Waals surface area contributed by atoms with Crippen molar-refractivity contribution in [2.24, 2.45) is 23.5 Å². The number of phenols is 1. The average Bonchev–Trinajstić information content (AvgIpc) is 1.52. The summed E-state index contributed by atoms with van der Waals surface area (Å²) in [6, 6.07) is -8.67. The van der Waals surface area contributed by atoms with Gasteiger partial charge in [0.2, 0.25) is 94.5 Å². The number of aliphatic hydroxyl groups excluding tert-OH is 4. The minimum absolute atomic E-state index is 0.00392. The Bertz CT molecular complexity index is 4090. The Kier molecular flexibility index (Phi) is 48.3. The van der Waals surface area contributed by atoms with Gasteiger partial charge in [-0.2, -0.15) is 0 Å². The minimum Gasteiger partial charge on any atom is -0.508 e. The van der Waals surface area contributed by atoms with Crippen LogP contribution in [0.1, 0.15) is 157 Å². The van der Waals surface area contributed by atoms with E-state index < -0.39 is 279 Å². The summed E-state index contributed by atoms with van der Waals surface area (Å²) in [5.41, 5.74) is 6.33. The number of carbonyl (C=O) groups is 20. The van der Waals surface area contributed by atoms with E-state index in [1.807, 2.05) is 0 Å².